The molecule has 1 N–H and O–H groups in total. The molecule has 0 saturated heterocycles. The maximum Gasteiger partial charge on any atom is 0.264 e. The number of carbonyl (C=O) groups is 2. The Hall–Kier alpha value is -3.71. The van der Waals surface area contributed by atoms with Gasteiger partial charge in [-0.25, -0.2) is 0 Å². The Kier molecular flexibility index (Phi) is 6.77. The summed E-state index contributed by atoms with van der Waals surface area (Å²) in [6.07, 6.45) is 3.71. The Labute approximate surface area is 191 Å². The van der Waals surface area contributed by atoms with Gasteiger partial charge in [0.2, 0.25) is 5.91 Å². The molecule has 0 unspecified atom stereocenters. The van der Waals surface area contributed by atoms with E-state index >= 15 is 0 Å². The monoisotopic (exact) mass is 444 g/mol. The van der Waals surface area contributed by atoms with E-state index in [0.29, 0.717) is 11.4 Å². The summed E-state index contributed by atoms with van der Waals surface area (Å²) in [4.78, 5) is 26.8. The second-order valence-corrected chi connectivity index (χ2v) is 8.42. The molecule has 0 atom stereocenters. The number of likely N-dealkylation sites (N-methyl/N-ethyl adjacent to an activating group) is 1. The van der Waals surface area contributed by atoms with E-state index in [9.17, 15) is 9.59 Å². The molecule has 0 spiro atoms. The maximum absolute atomic E-state index is 12.4. The van der Waals surface area contributed by atoms with E-state index in [2.05, 4.69) is 40.7 Å². The summed E-state index contributed by atoms with van der Waals surface area (Å²) in [7, 11) is 1.64. The van der Waals surface area contributed by atoms with Gasteiger partial charge in [0.25, 0.3) is 5.91 Å². The predicted molar refractivity (Wildman–Crippen MR) is 126 cm³/mol. The van der Waals surface area contributed by atoms with Gasteiger partial charge in [0.1, 0.15) is 0 Å². The number of nitrogens with zero attached hydrogens (tertiary/aromatic N) is 3. The number of amides is 2. The van der Waals surface area contributed by atoms with Crippen molar-refractivity contribution in [3.8, 4) is 11.1 Å². The number of hydrogen-bond acceptors (Lipinski definition) is 4. The van der Waals surface area contributed by atoms with Gasteiger partial charge in [-0.2, -0.15) is 5.10 Å². The highest BCUT2D eigenvalue weighted by atomic mass is 32.1. The molecule has 0 aliphatic heterocycles. The van der Waals surface area contributed by atoms with E-state index < -0.39 is 0 Å². The molecule has 2 aromatic carbocycles. The third-order valence-corrected chi connectivity index (χ3v) is 5.98. The van der Waals surface area contributed by atoms with Gasteiger partial charge in [-0.05, 0) is 39.8 Å². The van der Waals surface area contributed by atoms with Crippen LogP contribution in [0, 0.1) is 0 Å². The van der Waals surface area contributed by atoms with Gasteiger partial charge in [0, 0.05) is 26.0 Å². The van der Waals surface area contributed by atoms with Crippen molar-refractivity contribution in [1.29, 1.82) is 0 Å². The van der Waals surface area contributed by atoms with Gasteiger partial charge in [-0.3, -0.25) is 14.3 Å². The molecule has 2 amide bonds. The van der Waals surface area contributed by atoms with Crippen LogP contribution >= 0.6 is 11.3 Å². The smallest absolute Gasteiger partial charge is 0.264 e. The summed E-state index contributed by atoms with van der Waals surface area (Å²) >= 11 is 1.37. The third-order valence-electron chi connectivity index (χ3n) is 5.12. The average molecular weight is 445 g/mol. The lowest BCUT2D eigenvalue weighted by Crippen LogP contribution is -2.37. The highest BCUT2D eigenvalue weighted by Gasteiger charge is 2.16. The first-order chi connectivity index (χ1) is 15.6. The number of thiophene rings is 1. The third kappa shape index (κ3) is 5.31. The standard InChI is InChI=1S/C25H24N4O2S/c1-28(25(31)23-8-4-15-32-23)18-24(30)26-16-21-6-2-3-7-22(21)20-11-9-19(10-12-20)17-29-14-5-13-27-29/h2-15H,16-18H2,1H3,(H,26,30). The fourth-order valence-corrected chi connectivity index (χ4v) is 4.17. The van der Waals surface area contributed by atoms with Crippen molar-refractivity contribution in [2.45, 2.75) is 13.1 Å². The molecule has 0 saturated carbocycles. The minimum Gasteiger partial charge on any atom is -0.350 e. The molecule has 4 aromatic rings. The van der Waals surface area contributed by atoms with Crippen LogP contribution in [-0.2, 0) is 17.9 Å². The van der Waals surface area contributed by atoms with Gasteiger partial charge in [-0.1, -0.05) is 54.6 Å². The Morgan fingerprint density at radius 2 is 1.84 bits per heavy atom. The molecular formula is C25H24N4O2S. The van der Waals surface area contributed by atoms with Crippen LogP contribution in [0.4, 0.5) is 0 Å². The summed E-state index contributed by atoms with van der Waals surface area (Å²) in [5, 5.41) is 9.03. The molecule has 4 rings (SSSR count). The SMILES string of the molecule is CN(CC(=O)NCc1ccccc1-c1ccc(Cn2cccn2)cc1)C(=O)c1cccs1. The molecule has 6 nitrogen and oxygen atoms in total. The van der Waals surface area contributed by atoms with Gasteiger partial charge < -0.3 is 10.2 Å². The van der Waals surface area contributed by atoms with Crippen LogP contribution in [0.2, 0.25) is 0 Å². The zero-order chi connectivity index (χ0) is 22.3. The lowest BCUT2D eigenvalue weighted by atomic mass is 9.98. The Morgan fingerprint density at radius 3 is 2.56 bits per heavy atom. The van der Waals surface area contributed by atoms with Crippen LogP contribution in [0.15, 0.2) is 84.5 Å². The zero-order valence-corrected chi connectivity index (χ0v) is 18.6. The Balaban J connectivity index is 1.38. The topological polar surface area (TPSA) is 67.2 Å². The molecule has 0 aliphatic rings. The van der Waals surface area contributed by atoms with Crippen LogP contribution in [0.5, 0.6) is 0 Å². The number of rotatable bonds is 8. The van der Waals surface area contributed by atoms with Crippen molar-refractivity contribution in [2.24, 2.45) is 0 Å². The van der Waals surface area contributed by atoms with Crippen LogP contribution in [0.3, 0.4) is 0 Å². The van der Waals surface area contributed by atoms with E-state index in [4.69, 9.17) is 0 Å². The molecule has 0 radical (unpaired) electrons. The van der Waals surface area contributed by atoms with E-state index in [1.165, 1.54) is 21.8 Å². The van der Waals surface area contributed by atoms with E-state index in [1.54, 1.807) is 19.3 Å². The Morgan fingerprint density at radius 1 is 1.03 bits per heavy atom. The van der Waals surface area contributed by atoms with Gasteiger partial charge >= 0.3 is 0 Å². The number of aromatic nitrogens is 2. The van der Waals surface area contributed by atoms with Crippen molar-refractivity contribution in [3.63, 3.8) is 0 Å². The maximum atomic E-state index is 12.4. The number of carbonyl (C=O) groups excluding carboxylic acids is 2. The second-order valence-electron chi connectivity index (χ2n) is 7.47. The average Bonchev–Trinajstić information content (AvgIpc) is 3.52. The van der Waals surface area contributed by atoms with Crippen molar-refractivity contribution in [2.75, 3.05) is 13.6 Å². The molecular weight excluding hydrogens is 420 g/mol. The number of nitrogens with one attached hydrogen (secondary N) is 1. The molecule has 0 fully saturated rings. The largest absolute Gasteiger partial charge is 0.350 e. The van der Waals surface area contributed by atoms with E-state index in [-0.39, 0.29) is 18.4 Å². The zero-order valence-electron chi connectivity index (χ0n) is 17.8. The van der Waals surface area contributed by atoms with Gasteiger partial charge in [0.05, 0.1) is 18.0 Å². The summed E-state index contributed by atoms with van der Waals surface area (Å²) in [6, 6.07) is 21.9. The molecule has 32 heavy (non-hydrogen) atoms. The molecule has 2 aromatic heterocycles. The Bertz CT molecular complexity index is 1170. The minimum atomic E-state index is -0.193. The summed E-state index contributed by atoms with van der Waals surface area (Å²) in [5.74, 6) is -0.340. The first-order valence-electron chi connectivity index (χ1n) is 10.3. The summed E-state index contributed by atoms with van der Waals surface area (Å²) in [6.45, 7) is 1.13. The molecule has 7 heteroatoms. The first-order valence-corrected chi connectivity index (χ1v) is 11.2. The summed E-state index contributed by atoms with van der Waals surface area (Å²) < 4.78 is 1.89. The highest BCUT2D eigenvalue weighted by molar-refractivity contribution is 7.12. The highest BCUT2D eigenvalue weighted by Crippen LogP contribution is 2.24. The predicted octanol–water partition coefficient (Wildman–Crippen LogP) is 4.05. The fraction of sp³-hybridized carbons (Fsp3) is 0.160. The van der Waals surface area contributed by atoms with E-state index in [1.807, 2.05) is 46.6 Å². The number of hydrogen-bond donors (Lipinski definition) is 1. The second kappa shape index (κ2) is 10.1. The minimum absolute atomic E-state index is 0.0149. The lowest BCUT2D eigenvalue weighted by Gasteiger charge is -2.17. The van der Waals surface area contributed by atoms with Crippen LogP contribution in [0.1, 0.15) is 20.8 Å². The van der Waals surface area contributed by atoms with E-state index in [0.717, 1.165) is 23.2 Å². The molecule has 0 bridgehead atoms. The first kappa shape index (κ1) is 21.5. The van der Waals surface area contributed by atoms with Gasteiger partial charge in [-0.15, -0.1) is 11.3 Å². The summed E-state index contributed by atoms with van der Waals surface area (Å²) in [5.41, 5.74) is 4.35. The fourth-order valence-electron chi connectivity index (χ4n) is 3.45. The van der Waals surface area contributed by atoms with Crippen molar-refractivity contribution >= 4 is 23.2 Å². The molecule has 162 valence electrons. The molecule has 2 heterocycles. The lowest BCUT2D eigenvalue weighted by molar-refractivity contribution is -0.121. The molecule has 0 aliphatic carbocycles. The number of benzene rings is 2. The van der Waals surface area contributed by atoms with Gasteiger partial charge in [0.15, 0.2) is 0 Å². The van der Waals surface area contributed by atoms with Crippen molar-refractivity contribution in [3.05, 3.63) is 101 Å². The van der Waals surface area contributed by atoms with Crippen LogP contribution < -0.4 is 5.32 Å². The van der Waals surface area contributed by atoms with Crippen LogP contribution in [-0.4, -0.2) is 40.1 Å². The quantitative estimate of drug-likeness (QED) is 0.446. The van der Waals surface area contributed by atoms with Crippen LogP contribution in [0.25, 0.3) is 11.1 Å². The van der Waals surface area contributed by atoms with Crippen molar-refractivity contribution < 1.29 is 9.59 Å². The van der Waals surface area contributed by atoms with Crippen molar-refractivity contribution in [1.82, 2.24) is 20.0 Å². The normalized spacial score (nSPS) is 10.7.